The zero-order chi connectivity index (χ0) is 25.9. The fourth-order valence-electron chi connectivity index (χ4n) is 5.16. The Morgan fingerprint density at radius 2 is 2.11 bits per heavy atom. The highest BCUT2D eigenvalue weighted by Crippen LogP contribution is 2.47. The number of carboxylic acid groups (broad SMARTS) is 1. The summed E-state index contributed by atoms with van der Waals surface area (Å²) in [6.45, 7) is 4.25. The van der Waals surface area contributed by atoms with Crippen molar-refractivity contribution in [3.05, 3.63) is 77.8 Å². The molecule has 2 aliphatic rings. The second-order valence-corrected chi connectivity index (χ2v) is 8.99. The van der Waals surface area contributed by atoms with Gasteiger partial charge in [0.15, 0.2) is 0 Å². The van der Waals surface area contributed by atoms with Crippen molar-refractivity contribution >= 4 is 23.9 Å². The number of likely N-dealkylation sites (N-methyl/N-ethyl adjacent to an activating group) is 1. The minimum absolute atomic E-state index is 0.259. The van der Waals surface area contributed by atoms with Gasteiger partial charge in [0, 0.05) is 29.8 Å². The van der Waals surface area contributed by atoms with Gasteiger partial charge in [-0.25, -0.2) is 9.78 Å². The maximum Gasteiger partial charge on any atom is 0.326 e. The molecule has 1 aromatic heterocycles. The largest absolute Gasteiger partial charge is 0.480 e. The Morgan fingerprint density at radius 3 is 2.69 bits per heavy atom. The maximum atomic E-state index is 12.2. The molecule has 2 aromatic rings. The van der Waals surface area contributed by atoms with Gasteiger partial charge in [-0.3, -0.25) is 14.6 Å². The summed E-state index contributed by atoms with van der Waals surface area (Å²) in [7, 11) is 2.02. The molecule has 4 rings (SSSR count). The van der Waals surface area contributed by atoms with E-state index in [0.717, 1.165) is 24.2 Å². The number of pyridine rings is 1. The first-order valence-electron chi connectivity index (χ1n) is 11.9. The van der Waals surface area contributed by atoms with Crippen LogP contribution >= 0.6 is 0 Å². The van der Waals surface area contributed by atoms with Gasteiger partial charge < -0.3 is 15.3 Å². The quantitative estimate of drug-likeness (QED) is 0.519. The second kappa shape index (κ2) is 10.2. The Balaban J connectivity index is 1.71. The zero-order valence-corrected chi connectivity index (χ0v) is 20.6. The van der Waals surface area contributed by atoms with Crippen molar-refractivity contribution in [2.75, 3.05) is 23.8 Å². The van der Waals surface area contributed by atoms with Gasteiger partial charge >= 0.3 is 5.97 Å². The van der Waals surface area contributed by atoms with E-state index < -0.39 is 17.6 Å². The van der Waals surface area contributed by atoms with Crippen LogP contribution in [0.5, 0.6) is 0 Å². The Bertz CT molecular complexity index is 1220. The predicted octanol–water partition coefficient (Wildman–Crippen LogP) is 3.40. The fourth-order valence-corrected chi connectivity index (χ4v) is 5.16. The van der Waals surface area contributed by atoms with Gasteiger partial charge in [-0.1, -0.05) is 19.1 Å². The number of hydrogen-bond acceptors (Lipinski definition) is 7. The van der Waals surface area contributed by atoms with Crippen molar-refractivity contribution < 1.29 is 14.7 Å². The minimum atomic E-state index is -0.923. The van der Waals surface area contributed by atoms with E-state index in [2.05, 4.69) is 28.2 Å². The highest BCUT2D eigenvalue weighted by molar-refractivity contribution is 5.80. The van der Waals surface area contributed by atoms with Crippen molar-refractivity contribution in [3.63, 3.8) is 0 Å². The molecule has 0 bridgehead atoms. The number of carbonyl (C=O) groups excluding carboxylic acids is 1. The molecule has 9 nitrogen and oxygen atoms in total. The van der Waals surface area contributed by atoms with Crippen molar-refractivity contribution in [2.24, 2.45) is 0 Å². The number of carbonyl (C=O) groups is 2. The first-order chi connectivity index (χ1) is 17.4. The maximum absolute atomic E-state index is 12.2. The van der Waals surface area contributed by atoms with E-state index in [1.165, 1.54) is 4.90 Å². The molecule has 0 radical (unpaired) electrons. The predicted molar refractivity (Wildman–Crippen MR) is 137 cm³/mol. The van der Waals surface area contributed by atoms with Crippen LogP contribution < -0.4 is 10.2 Å². The molecule has 2 heterocycles. The summed E-state index contributed by atoms with van der Waals surface area (Å²) in [5.74, 6) is -0.421. The number of carboxylic acids is 1. The number of rotatable bonds is 9. The number of nitrogens with zero attached hydrogens (tertiary/aromatic N) is 5. The number of aliphatic carboxylic acids is 1. The molecule has 1 aromatic carbocycles. The van der Waals surface area contributed by atoms with E-state index in [9.17, 15) is 14.7 Å². The first-order valence-corrected chi connectivity index (χ1v) is 11.9. The molecule has 2 N–H and O–H groups in total. The van der Waals surface area contributed by atoms with E-state index in [4.69, 9.17) is 5.26 Å². The molecule has 186 valence electrons. The summed E-state index contributed by atoms with van der Waals surface area (Å²) in [4.78, 5) is 34.3. The van der Waals surface area contributed by atoms with Gasteiger partial charge in [0.2, 0.25) is 6.41 Å². The molecule has 0 saturated carbocycles. The number of nitriles is 1. The average molecular weight is 487 g/mol. The molecule has 1 fully saturated rings. The summed E-state index contributed by atoms with van der Waals surface area (Å²) in [6, 6.07) is 13.9. The lowest BCUT2D eigenvalue weighted by molar-refractivity contribution is -0.142. The highest BCUT2D eigenvalue weighted by Gasteiger charge is 2.54. The van der Waals surface area contributed by atoms with Crippen LogP contribution in [0.1, 0.15) is 32.3 Å². The summed E-state index contributed by atoms with van der Waals surface area (Å²) >= 11 is 0. The van der Waals surface area contributed by atoms with Crippen molar-refractivity contribution in [1.82, 2.24) is 14.8 Å². The van der Waals surface area contributed by atoms with Crippen LogP contribution in [0.2, 0.25) is 0 Å². The molecule has 1 aliphatic carbocycles. The van der Waals surface area contributed by atoms with Gasteiger partial charge in [-0.2, -0.15) is 5.26 Å². The van der Waals surface area contributed by atoms with Crippen LogP contribution in [0.25, 0.3) is 0 Å². The third-order valence-corrected chi connectivity index (χ3v) is 7.27. The normalized spacial score (nSPS) is 22.1. The average Bonchev–Trinajstić information content (AvgIpc) is 3.15. The Morgan fingerprint density at radius 1 is 1.36 bits per heavy atom. The number of fused-ring (bicyclic) bond motifs is 1. The lowest BCUT2D eigenvalue weighted by atomic mass is 9.83. The van der Waals surface area contributed by atoms with E-state index >= 15 is 0 Å². The van der Waals surface area contributed by atoms with Gasteiger partial charge in [0.25, 0.3) is 0 Å². The molecule has 1 amide bonds. The number of amides is 1. The lowest BCUT2D eigenvalue weighted by Crippen LogP contribution is -2.50. The van der Waals surface area contributed by atoms with Crippen LogP contribution in [-0.2, 0) is 9.59 Å². The number of anilines is 2. The van der Waals surface area contributed by atoms with E-state index in [0.29, 0.717) is 30.0 Å². The number of hydrogen-bond donors (Lipinski definition) is 2. The first kappa shape index (κ1) is 24.9. The van der Waals surface area contributed by atoms with Crippen molar-refractivity contribution in [2.45, 2.75) is 44.4 Å². The standard InChI is InChI=1S/C27H30N6O3/c1-4-27-13-12-22(32(18-34)24-7-5-6-14-29-24)15-23(27)33(19(2)26(35)36)25(31(27)3)17-30-21-10-8-20(16-28)9-11-21/h5-12,14-15,18-19,25,30H,4,13,17H2,1-3H3,(H,35,36)/t19-,25+,27+/m0/s1. The number of aromatic nitrogens is 1. The third-order valence-electron chi connectivity index (χ3n) is 7.27. The zero-order valence-electron chi connectivity index (χ0n) is 20.6. The Kier molecular flexibility index (Phi) is 7.08. The fraction of sp³-hybridized carbons (Fsp3) is 0.333. The molecule has 36 heavy (non-hydrogen) atoms. The molecule has 0 spiro atoms. The van der Waals surface area contributed by atoms with Crippen LogP contribution in [0, 0.1) is 11.3 Å². The van der Waals surface area contributed by atoms with Gasteiger partial charge in [-0.15, -0.1) is 0 Å². The van der Waals surface area contributed by atoms with Gasteiger partial charge in [0.1, 0.15) is 18.0 Å². The lowest BCUT2D eigenvalue weighted by Gasteiger charge is -2.39. The van der Waals surface area contributed by atoms with E-state index in [1.807, 2.05) is 42.3 Å². The summed E-state index contributed by atoms with van der Waals surface area (Å²) in [6.07, 6.45) is 7.43. The number of benzene rings is 1. The SMILES string of the molecule is CC[C@@]12CC=C(N(C=O)c3ccccn3)C=C1N([C@@H](C)C(=O)O)[C@H](CNc1ccc(C#N)cc1)N2C. The van der Waals surface area contributed by atoms with Crippen LogP contribution in [0.3, 0.4) is 0 Å². The molecule has 1 saturated heterocycles. The van der Waals surface area contributed by atoms with Gasteiger partial charge in [0.05, 0.1) is 17.2 Å². The van der Waals surface area contributed by atoms with Crippen molar-refractivity contribution in [3.8, 4) is 6.07 Å². The smallest absolute Gasteiger partial charge is 0.326 e. The topological polar surface area (TPSA) is 113 Å². The monoisotopic (exact) mass is 486 g/mol. The van der Waals surface area contributed by atoms with Crippen molar-refractivity contribution in [1.29, 1.82) is 5.26 Å². The molecule has 0 unspecified atom stereocenters. The Hall–Kier alpha value is -4.16. The number of allylic oxidation sites excluding steroid dienone is 1. The van der Waals surface area contributed by atoms with Crippen LogP contribution in [-0.4, -0.2) is 63.6 Å². The summed E-state index contributed by atoms with van der Waals surface area (Å²) < 4.78 is 0. The molecule has 1 aliphatic heterocycles. The van der Waals surface area contributed by atoms with Crippen LogP contribution in [0.15, 0.2) is 72.2 Å². The molecular formula is C27H30N6O3. The molecule has 3 atom stereocenters. The summed E-state index contributed by atoms with van der Waals surface area (Å²) in [5, 5.41) is 22.5. The van der Waals surface area contributed by atoms with E-state index in [1.54, 1.807) is 37.4 Å². The number of nitrogens with one attached hydrogen (secondary N) is 1. The highest BCUT2D eigenvalue weighted by atomic mass is 16.4. The minimum Gasteiger partial charge on any atom is -0.480 e. The molecule has 9 heteroatoms. The molecular weight excluding hydrogens is 456 g/mol. The van der Waals surface area contributed by atoms with Crippen LogP contribution in [0.4, 0.5) is 11.5 Å². The van der Waals surface area contributed by atoms with Gasteiger partial charge in [-0.05, 0) is 69.3 Å². The third kappa shape index (κ3) is 4.32. The van der Waals surface area contributed by atoms with E-state index in [-0.39, 0.29) is 6.17 Å². The summed E-state index contributed by atoms with van der Waals surface area (Å²) in [5.41, 5.74) is 2.55. The second-order valence-electron chi connectivity index (χ2n) is 8.99. The Labute approximate surface area is 210 Å².